The summed E-state index contributed by atoms with van der Waals surface area (Å²) in [6.07, 6.45) is -1.17. The van der Waals surface area contributed by atoms with Crippen molar-refractivity contribution >= 4 is 47.1 Å². The number of aromatic nitrogens is 2. The molecule has 1 aliphatic rings. The van der Waals surface area contributed by atoms with E-state index in [9.17, 15) is 19.8 Å². The van der Waals surface area contributed by atoms with E-state index in [4.69, 9.17) is 4.74 Å². The van der Waals surface area contributed by atoms with Crippen molar-refractivity contribution in [3.8, 4) is 11.5 Å². The van der Waals surface area contributed by atoms with Crippen molar-refractivity contribution in [2.75, 3.05) is 16.8 Å². The number of hydrogen-bond donors (Lipinski definition) is 3. The highest BCUT2D eigenvalue weighted by molar-refractivity contribution is 6.13. The summed E-state index contributed by atoms with van der Waals surface area (Å²) in [6, 6.07) is 28.2. The van der Waals surface area contributed by atoms with Gasteiger partial charge in [0.2, 0.25) is 5.95 Å². The third-order valence-electron chi connectivity index (χ3n) is 6.61. The number of carboxylic acid groups (broad SMARTS) is 1. The molecule has 9 nitrogen and oxygen atoms in total. The molecule has 6 rings (SSSR count). The van der Waals surface area contributed by atoms with E-state index < -0.39 is 11.8 Å². The molecule has 1 aromatic heterocycles. The van der Waals surface area contributed by atoms with E-state index in [1.807, 2.05) is 18.2 Å². The Morgan fingerprint density at radius 2 is 1.67 bits per heavy atom. The van der Waals surface area contributed by atoms with Crippen LogP contribution >= 0.6 is 12.4 Å². The number of rotatable bonds is 5. The number of anilines is 2. The molecule has 0 radical (unpaired) electrons. The second-order valence-electron chi connectivity index (χ2n) is 8.88. The van der Waals surface area contributed by atoms with Crippen molar-refractivity contribution in [2.45, 2.75) is 5.72 Å². The van der Waals surface area contributed by atoms with Gasteiger partial charge >= 0.3 is 6.09 Å². The van der Waals surface area contributed by atoms with Gasteiger partial charge in [0.1, 0.15) is 5.75 Å². The number of hydrogen-bond acceptors (Lipinski definition) is 5. The van der Waals surface area contributed by atoms with Crippen LogP contribution in [-0.4, -0.2) is 39.2 Å². The summed E-state index contributed by atoms with van der Waals surface area (Å²) in [6.45, 7) is 0. The normalized spacial score (nSPS) is 16.1. The molecule has 0 spiro atoms. The summed E-state index contributed by atoms with van der Waals surface area (Å²) in [5, 5.41) is 21.8. The molecule has 1 aliphatic heterocycles. The van der Waals surface area contributed by atoms with Crippen LogP contribution < -0.4 is 14.5 Å². The zero-order chi connectivity index (χ0) is 26.4. The number of imidazole rings is 1. The highest BCUT2D eigenvalue weighted by atomic mass is 35.5. The molecule has 196 valence electrons. The summed E-state index contributed by atoms with van der Waals surface area (Å²) < 4.78 is 6.14. The second-order valence-corrected chi connectivity index (χ2v) is 8.88. The van der Waals surface area contributed by atoms with Crippen molar-refractivity contribution in [1.82, 2.24) is 9.97 Å². The van der Waals surface area contributed by atoms with Crippen molar-refractivity contribution in [2.24, 2.45) is 0 Å². The molecule has 4 aromatic carbocycles. The third-order valence-corrected chi connectivity index (χ3v) is 6.61. The molecular formula is C29H23ClN4O5. The fourth-order valence-electron chi connectivity index (χ4n) is 4.73. The lowest BCUT2D eigenvalue weighted by Crippen LogP contribution is -2.45. The number of halogens is 1. The van der Waals surface area contributed by atoms with Crippen molar-refractivity contribution in [3.63, 3.8) is 0 Å². The average molecular weight is 543 g/mol. The average Bonchev–Trinajstić information content (AvgIpc) is 3.46. The number of carbonyl (C=O) groups excluding carboxylic acids is 1. The van der Waals surface area contributed by atoms with E-state index in [2.05, 4.69) is 9.97 Å². The molecule has 2 heterocycles. The van der Waals surface area contributed by atoms with Gasteiger partial charge in [-0.3, -0.25) is 14.6 Å². The molecule has 0 fully saturated rings. The predicted molar refractivity (Wildman–Crippen MR) is 149 cm³/mol. The Labute approximate surface area is 229 Å². The van der Waals surface area contributed by atoms with E-state index in [-0.39, 0.29) is 24.3 Å². The van der Waals surface area contributed by atoms with Crippen LogP contribution in [0.1, 0.15) is 21.5 Å². The Morgan fingerprint density at radius 1 is 0.974 bits per heavy atom. The lowest BCUT2D eigenvalue weighted by atomic mass is 9.93. The first-order chi connectivity index (χ1) is 18.4. The number of carbonyl (C=O) groups is 2. The monoisotopic (exact) mass is 542 g/mol. The molecule has 0 bridgehead atoms. The van der Waals surface area contributed by atoms with E-state index in [0.29, 0.717) is 44.9 Å². The van der Waals surface area contributed by atoms with Gasteiger partial charge in [-0.15, -0.1) is 12.4 Å². The van der Waals surface area contributed by atoms with Crippen LogP contribution in [0.4, 0.5) is 16.4 Å². The van der Waals surface area contributed by atoms with Crippen molar-refractivity contribution in [1.29, 1.82) is 0 Å². The topological polar surface area (TPSA) is 119 Å². The molecule has 5 aromatic rings. The van der Waals surface area contributed by atoms with Crippen LogP contribution in [0.15, 0.2) is 97.1 Å². The highest BCUT2D eigenvalue weighted by Crippen LogP contribution is 2.48. The van der Waals surface area contributed by atoms with Gasteiger partial charge in [-0.25, -0.2) is 9.78 Å². The van der Waals surface area contributed by atoms with E-state index in [1.54, 1.807) is 78.9 Å². The van der Waals surface area contributed by atoms with Crippen molar-refractivity contribution < 1.29 is 24.5 Å². The molecule has 39 heavy (non-hydrogen) atoms. The van der Waals surface area contributed by atoms with Gasteiger partial charge < -0.3 is 19.9 Å². The molecule has 1 atom stereocenters. The zero-order valence-corrected chi connectivity index (χ0v) is 21.4. The quantitative estimate of drug-likeness (QED) is 0.260. The summed E-state index contributed by atoms with van der Waals surface area (Å²) in [5.41, 5.74) is 0.662. The summed E-state index contributed by atoms with van der Waals surface area (Å²) in [4.78, 5) is 34.9. The molecule has 1 unspecified atom stereocenters. The number of ether oxygens (including phenoxy) is 1. The fraction of sp³-hybridized carbons (Fsp3) is 0.0690. The SMILES string of the molecule is CN(C(=O)O)c1nc2cc(C3(O)c4ccccc4C(=O)N3c3ccccc3Oc3ccccc3)ccc2[nH]1.Cl. The Balaban J connectivity index is 0.00000308. The molecule has 2 amide bonds. The third kappa shape index (κ3) is 4.14. The van der Waals surface area contributed by atoms with Crippen molar-refractivity contribution in [3.05, 3.63) is 114 Å². The first kappa shape index (κ1) is 25.8. The smallest absolute Gasteiger partial charge is 0.413 e. The molecule has 0 saturated carbocycles. The largest absolute Gasteiger partial charge is 0.465 e. The minimum Gasteiger partial charge on any atom is -0.465 e. The summed E-state index contributed by atoms with van der Waals surface area (Å²) >= 11 is 0. The lowest BCUT2D eigenvalue weighted by molar-refractivity contribution is 0.0701. The number of H-pyrrole nitrogens is 1. The number of fused-ring (bicyclic) bond motifs is 2. The Morgan fingerprint density at radius 3 is 2.44 bits per heavy atom. The maximum Gasteiger partial charge on any atom is 0.413 e. The van der Waals surface area contributed by atoms with Crippen LogP contribution in [-0.2, 0) is 5.72 Å². The van der Waals surface area contributed by atoms with Crippen LogP contribution in [0, 0.1) is 0 Å². The molecule has 0 aliphatic carbocycles. The van der Waals surface area contributed by atoms with Gasteiger partial charge in [-0.1, -0.05) is 54.6 Å². The predicted octanol–water partition coefficient (Wildman–Crippen LogP) is 5.75. The van der Waals surface area contributed by atoms with Crippen LogP contribution in [0.25, 0.3) is 11.0 Å². The number of aromatic amines is 1. The first-order valence-corrected chi connectivity index (χ1v) is 11.8. The van der Waals surface area contributed by atoms with Crippen LogP contribution in [0.3, 0.4) is 0 Å². The number of nitrogens with one attached hydrogen (secondary N) is 1. The van der Waals surface area contributed by atoms with E-state index in [0.717, 1.165) is 4.90 Å². The molecule has 0 saturated heterocycles. The van der Waals surface area contributed by atoms with E-state index >= 15 is 0 Å². The number of para-hydroxylation sites is 3. The minimum absolute atomic E-state index is 0. The van der Waals surface area contributed by atoms with Gasteiger partial charge in [0, 0.05) is 23.7 Å². The first-order valence-electron chi connectivity index (χ1n) is 11.8. The number of benzene rings is 4. The Hall–Kier alpha value is -4.86. The highest BCUT2D eigenvalue weighted by Gasteiger charge is 2.51. The number of aliphatic hydroxyl groups is 1. The van der Waals surface area contributed by atoms with E-state index in [1.165, 1.54) is 11.9 Å². The zero-order valence-electron chi connectivity index (χ0n) is 20.6. The van der Waals surface area contributed by atoms with Crippen LogP contribution in [0.2, 0.25) is 0 Å². The van der Waals surface area contributed by atoms with Gasteiger partial charge in [0.25, 0.3) is 5.91 Å². The summed E-state index contributed by atoms with van der Waals surface area (Å²) in [5.74, 6) is 0.726. The van der Waals surface area contributed by atoms with Crippen LogP contribution in [0.5, 0.6) is 11.5 Å². The van der Waals surface area contributed by atoms with Gasteiger partial charge in [0.15, 0.2) is 11.5 Å². The maximum atomic E-state index is 13.8. The lowest BCUT2D eigenvalue weighted by Gasteiger charge is -2.35. The molecular weight excluding hydrogens is 520 g/mol. The summed E-state index contributed by atoms with van der Waals surface area (Å²) in [7, 11) is 1.38. The fourth-order valence-corrected chi connectivity index (χ4v) is 4.73. The number of nitrogens with zero attached hydrogens (tertiary/aromatic N) is 3. The Bertz CT molecular complexity index is 1710. The Kier molecular flexibility index (Phi) is 6.47. The molecule has 10 heteroatoms. The van der Waals surface area contributed by atoms with Gasteiger partial charge in [-0.05, 0) is 42.5 Å². The standard InChI is InChI=1S/C29H22N4O5.ClH/c1-32(28(35)36)27-30-22-16-15-18(17-23(22)31-27)29(37)21-12-6-5-11-20(21)26(34)33(29)24-13-7-8-14-25(24)38-19-9-3-2-4-10-19;/h2-17,37H,1H3,(H,30,31)(H,35,36);1H. The maximum absolute atomic E-state index is 13.8. The molecule has 3 N–H and O–H groups in total. The minimum atomic E-state index is -1.89. The van der Waals surface area contributed by atoms with Gasteiger partial charge in [0.05, 0.1) is 16.7 Å². The second kappa shape index (κ2) is 9.79. The number of amides is 2. The van der Waals surface area contributed by atoms with Gasteiger partial charge in [-0.2, -0.15) is 0 Å².